The molecule has 0 radical (unpaired) electrons. The number of nitrogens with zero attached hydrogens (tertiary/aromatic N) is 4. The highest BCUT2D eigenvalue weighted by Gasteiger charge is 2.37. The lowest BCUT2D eigenvalue weighted by molar-refractivity contribution is -0.137. The van der Waals surface area contributed by atoms with E-state index >= 15 is 26.3 Å². The molecule has 58 heavy (non-hydrogen) atoms. The van der Waals surface area contributed by atoms with Crippen LogP contribution in [0.4, 0.5) is 26.3 Å². The quantitative estimate of drug-likeness (QED) is 0.158. The second-order valence-corrected chi connectivity index (χ2v) is 13.9. The Balaban J connectivity index is 1.48. The highest BCUT2D eigenvalue weighted by Crippen LogP contribution is 2.48. The van der Waals surface area contributed by atoms with Gasteiger partial charge >= 0.3 is 12.4 Å². The molecule has 2 heterocycles. The molecule has 0 aliphatic heterocycles. The van der Waals surface area contributed by atoms with E-state index in [1.165, 1.54) is 36.4 Å². The maximum Gasteiger partial charge on any atom is 0.417 e. The van der Waals surface area contributed by atoms with Gasteiger partial charge in [-0.1, -0.05) is 127 Å². The standard InChI is InChI=1S/C48H30F6N4/c1-29-24-25-42-36(26-29)35-20-10-13-23-41(35)58(42)43-37(33-18-8-11-21-39(33)47(49,50)51)27-32(28-38(43)34-19-9-12-22-40(34)48(52,53)54)46-56-44(30-14-4-2-5-15-30)55-45(57-46)31-16-6-3-7-17-31/h2-28H,1H3. The first kappa shape index (κ1) is 36.6. The van der Waals surface area contributed by atoms with Crippen molar-refractivity contribution < 1.29 is 26.3 Å². The topological polar surface area (TPSA) is 43.6 Å². The maximum absolute atomic E-state index is 15.1. The van der Waals surface area contributed by atoms with Crippen molar-refractivity contribution in [2.45, 2.75) is 19.3 Å². The summed E-state index contributed by atoms with van der Waals surface area (Å²) in [7, 11) is 0. The van der Waals surface area contributed by atoms with Gasteiger partial charge in [0.2, 0.25) is 0 Å². The molecular formula is C48H30F6N4. The van der Waals surface area contributed by atoms with Gasteiger partial charge in [0, 0.05) is 38.6 Å². The summed E-state index contributed by atoms with van der Waals surface area (Å²) in [5.74, 6) is 0.621. The lowest BCUT2D eigenvalue weighted by Gasteiger charge is -2.24. The number of rotatable bonds is 6. The molecule has 0 atom stereocenters. The molecule has 4 nitrogen and oxygen atoms in total. The van der Waals surface area contributed by atoms with E-state index in [4.69, 9.17) is 15.0 Å². The van der Waals surface area contributed by atoms with Crippen molar-refractivity contribution in [2.75, 3.05) is 0 Å². The Labute approximate surface area is 328 Å². The number of aromatic nitrogens is 4. The van der Waals surface area contributed by atoms with Gasteiger partial charge in [0.25, 0.3) is 0 Å². The van der Waals surface area contributed by atoms with Crippen molar-refractivity contribution in [3.8, 4) is 62.1 Å². The summed E-state index contributed by atoms with van der Waals surface area (Å²) in [6.07, 6.45) is -9.64. The SMILES string of the molecule is Cc1ccc2c(c1)c1ccccc1n2-c1c(-c2ccccc2C(F)(F)F)cc(-c2nc(-c3ccccc3)nc(-c3ccccc3)n2)cc1-c1ccccc1C(F)(F)F. The smallest absolute Gasteiger partial charge is 0.308 e. The molecule has 0 saturated heterocycles. The molecule has 0 aliphatic rings. The van der Waals surface area contributed by atoms with Crippen LogP contribution in [0.1, 0.15) is 16.7 Å². The lowest BCUT2D eigenvalue weighted by atomic mass is 9.88. The molecule has 0 spiro atoms. The second-order valence-electron chi connectivity index (χ2n) is 13.9. The number of alkyl halides is 6. The molecule has 0 aliphatic carbocycles. The summed E-state index contributed by atoms with van der Waals surface area (Å²) in [6.45, 7) is 1.93. The number of fused-ring (bicyclic) bond motifs is 3. The molecule has 284 valence electrons. The largest absolute Gasteiger partial charge is 0.417 e. The molecule has 0 N–H and O–H groups in total. The summed E-state index contributed by atoms with van der Waals surface area (Å²) < 4.78 is 92.5. The minimum atomic E-state index is -4.82. The van der Waals surface area contributed by atoms with Gasteiger partial charge in [0.1, 0.15) is 0 Å². The first-order valence-electron chi connectivity index (χ1n) is 18.3. The summed E-state index contributed by atoms with van der Waals surface area (Å²) >= 11 is 0. The predicted octanol–water partition coefficient (Wildman–Crippen LogP) is 13.6. The van der Waals surface area contributed by atoms with Crippen molar-refractivity contribution in [1.29, 1.82) is 0 Å². The molecular weight excluding hydrogens is 747 g/mol. The third-order valence-electron chi connectivity index (χ3n) is 10.2. The molecule has 0 fully saturated rings. The number of aryl methyl sites for hydroxylation is 1. The Morgan fingerprint density at radius 3 is 1.34 bits per heavy atom. The van der Waals surface area contributed by atoms with E-state index in [1.807, 2.05) is 104 Å². The minimum absolute atomic E-state index is 0.0311. The van der Waals surface area contributed by atoms with Crippen molar-refractivity contribution in [1.82, 2.24) is 19.5 Å². The van der Waals surface area contributed by atoms with Gasteiger partial charge in [-0.2, -0.15) is 26.3 Å². The van der Waals surface area contributed by atoms with Gasteiger partial charge < -0.3 is 4.57 Å². The Kier molecular flexibility index (Phi) is 8.92. The Morgan fingerprint density at radius 2 is 0.828 bits per heavy atom. The average Bonchev–Trinajstić information content (AvgIpc) is 3.56. The van der Waals surface area contributed by atoms with Gasteiger partial charge in [0.05, 0.1) is 27.8 Å². The lowest BCUT2D eigenvalue weighted by Crippen LogP contribution is -2.11. The zero-order chi connectivity index (χ0) is 40.2. The monoisotopic (exact) mass is 776 g/mol. The molecule has 9 rings (SSSR count). The van der Waals surface area contributed by atoms with E-state index in [2.05, 4.69) is 0 Å². The van der Waals surface area contributed by atoms with E-state index in [0.29, 0.717) is 22.2 Å². The van der Waals surface area contributed by atoms with E-state index in [0.717, 1.165) is 28.5 Å². The fourth-order valence-electron chi connectivity index (χ4n) is 7.61. The van der Waals surface area contributed by atoms with Crippen LogP contribution in [0.15, 0.2) is 164 Å². The zero-order valence-electron chi connectivity index (χ0n) is 30.6. The highest BCUT2D eigenvalue weighted by atomic mass is 19.4. The van der Waals surface area contributed by atoms with Crippen LogP contribution in [0.5, 0.6) is 0 Å². The molecule has 9 aromatic rings. The summed E-state index contributed by atoms with van der Waals surface area (Å²) in [6, 6.07) is 44.6. The van der Waals surface area contributed by atoms with Gasteiger partial charge in [0.15, 0.2) is 17.5 Å². The first-order chi connectivity index (χ1) is 28.0. The molecule has 0 bridgehead atoms. The van der Waals surface area contributed by atoms with Crippen LogP contribution in [-0.4, -0.2) is 19.5 Å². The van der Waals surface area contributed by atoms with Crippen molar-refractivity contribution >= 4 is 21.8 Å². The maximum atomic E-state index is 15.1. The van der Waals surface area contributed by atoms with Crippen molar-refractivity contribution in [2.24, 2.45) is 0 Å². The van der Waals surface area contributed by atoms with Crippen LogP contribution in [-0.2, 0) is 12.4 Å². The molecule has 0 amide bonds. The van der Waals surface area contributed by atoms with Gasteiger partial charge in [-0.05, 0) is 60.5 Å². The van der Waals surface area contributed by atoms with Crippen LogP contribution in [0, 0.1) is 6.92 Å². The molecule has 10 heteroatoms. The van der Waals surface area contributed by atoms with E-state index < -0.39 is 23.5 Å². The molecule has 2 aromatic heterocycles. The van der Waals surface area contributed by atoms with Crippen LogP contribution < -0.4 is 0 Å². The van der Waals surface area contributed by atoms with Crippen molar-refractivity contribution in [3.05, 3.63) is 180 Å². The van der Waals surface area contributed by atoms with E-state index in [1.54, 1.807) is 22.8 Å². The van der Waals surface area contributed by atoms with Gasteiger partial charge in [-0.25, -0.2) is 15.0 Å². The fraction of sp³-hybridized carbons (Fsp3) is 0.0625. The Morgan fingerprint density at radius 1 is 0.397 bits per heavy atom. The normalized spacial score (nSPS) is 12.1. The summed E-state index contributed by atoms with van der Waals surface area (Å²) in [5, 5.41) is 1.58. The van der Waals surface area contributed by atoms with Crippen LogP contribution in [0.3, 0.4) is 0 Å². The first-order valence-corrected chi connectivity index (χ1v) is 18.3. The van der Waals surface area contributed by atoms with Crippen LogP contribution in [0.2, 0.25) is 0 Å². The van der Waals surface area contributed by atoms with Gasteiger partial charge in [-0.3, -0.25) is 0 Å². The molecule has 0 unspecified atom stereocenters. The zero-order valence-corrected chi connectivity index (χ0v) is 30.6. The predicted molar refractivity (Wildman–Crippen MR) is 216 cm³/mol. The van der Waals surface area contributed by atoms with Crippen molar-refractivity contribution in [3.63, 3.8) is 0 Å². The van der Waals surface area contributed by atoms with Crippen LogP contribution >= 0.6 is 0 Å². The third-order valence-corrected chi connectivity index (χ3v) is 10.2. The number of halogens is 6. The van der Waals surface area contributed by atoms with E-state index in [-0.39, 0.29) is 51.0 Å². The Bertz CT molecular complexity index is 2850. The number of benzene rings is 7. The number of para-hydroxylation sites is 1. The number of hydrogen-bond acceptors (Lipinski definition) is 3. The second kappa shape index (κ2) is 14.1. The summed E-state index contributed by atoms with van der Waals surface area (Å²) in [5.41, 5.74) is 1.46. The molecule has 0 saturated carbocycles. The third kappa shape index (κ3) is 6.56. The van der Waals surface area contributed by atoms with Crippen LogP contribution in [0.25, 0.3) is 83.9 Å². The van der Waals surface area contributed by atoms with Gasteiger partial charge in [-0.15, -0.1) is 0 Å². The minimum Gasteiger partial charge on any atom is -0.308 e. The molecule has 7 aromatic carbocycles. The highest BCUT2D eigenvalue weighted by molar-refractivity contribution is 6.11. The summed E-state index contributed by atoms with van der Waals surface area (Å²) in [4.78, 5) is 14.4. The fourth-order valence-corrected chi connectivity index (χ4v) is 7.61. The Hall–Kier alpha value is -7.07. The van der Waals surface area contributed by atoms with E-state index in [9.17, 15) is 0 Å². The average molecular weight is 777 g/mol. The number of hydrogen-bond donors (Lipinski definition) is 0.